The van der Waals surface area contributed by atoms with E-state index >= 15 is 0 Å². The molecule has 1 aromatic heterocycles. The lowest BCUT2D eigenvalue weighted by Crippen LogP contribution is -2.44. The summed E-state index contributed by atoms with van der Waals surface area (Å²) in [4.78, 5) is 10.7. The van der Waals surface area contributed by atoms with Gasteiger partial charge in [0.1, 0.15) is 0 Å². The molecule has 5 heteroatoms. The van der Waals surface area contributed by atoms with Crippen LogP contribution in [0.5, 0.6) is 0 Å². The zero-order chi connectivity index (χ0) is 11.1. The Hall–Kier alpha value is -1.20. The molecule has 0 atom stereocenters. The van der Waals surface area contributed by atoms with E-state index in [1.165, 1.54) is 13.1 Å². The van der Waals surface area contributed by atoms with Crippen molar-refractivity contribution in [3.63, 3.8) is 0 Å². The van der Waals surface area contributed by atoms with Crippen molar-refractivity contribution in [2.45, 2.75) is 6.42 Å². The summed E-state index contributed by atoms with van der Waals surface area (Å²) < 4.78 is 0. The number of piperazine rings is 1. The average Bonchev–Trinajstić information content (AvgIpc) is 2.37. The summed E-state index contributed by atoms with van der Waals surface area (Å²) in [5, 5.41) is 6.57. The maximum absolute atomic E-state index is 4.12. The fourth-order valence-corrected chi connectivity index (χ4v) is 1.83. The topological polar surface area (TPSA) is 53.1 Å². The van der Waals surface area contributed by atoms with E-state index in [0.717, 1.165) is 38.5 Å². The highest BCUT2D eigenvalue weighted by Gasteiger charge is 2.07. The van der Waals surface area contributed by atoms with Crippen LogP contribution in [0, 0.1) is 0 Å². The Morgan fingerprint density at radius 1 is 1.25 bits per heavy atom. The first-order valence-corrected chi connectivity index (χ1v) is 5.89. The van der Waals surface area contributed by atoms with E-state index in [1.54, 1.807) is 12.4 Å². The normalized spacial score (nSPS) is 17.2. The lowest BCUT2D eigenvalue weighted by molar-refractivity contribution is 0.240. The zero-order valence-corrected chi connectivity index (χ0v) is 9.52. The lowest BCUT2D eigenvalue weighted by atomic mass is 10.3. The van der Waals surface area contributed by atoms with Crippen molar-refractivity contribution < 1.29 is 0 Å². The number of aromatic nitrogens is 2. The minimum absolute atomic E-state index is 0.725. The maximum atomic E-state index is 4.12. The molecule has 0 aromatic carbocycles. The zero-order valence-electron chi connectivity index (χ0n) is 9.52. The number of rotatable bonds is 5. The van der Waals surface area contributed by atoms with Gasteiger partial charge in [0.2, 0.25) is 5.95 Å². The van der Waals surface area contributed by atoms with Gasteiger partial charge in [0, 0.05) is 45.1 Å². The van der Waals surface area contributed by atoms with Gasteiger partial charge in [-0.15, -0.1) is 0 Å². The van der Waals surface area contributed by atoms with Crippen LogP contribution in [-0.2, 0) is 0 Å². The van der Waals surface area contributed by atoms with Crippen molar-refractivity contribution in [3.05, 3.63) is 18.5 Å². The van der Waals surface area contributed by atoms with Gasteiger partial charge in [0.25, 0.3) is 0 Å². The largest absolute Gasteiger partial charge is 0.354 e. The van der Waals surface area contributed by atoms with Gasteiger partial charge in [-0.05, 0) is 19.0 Å². The predicted molar refractivity (Wildman–Crippen MR) is 64.4 cm³/mol. The molecule has 0 amide bonds. The lowest BCUT2D eigenvalue weighted by Gasteiger charge is -2.27. The van der Waals surface area contributed by atoms with E-state index in [0.29, 0.717) is 0 Å². The van der Waals surface area contributed by atoms with Gasteiger partial charge < -0.3 is 15.5 Å². The third-order valence-corrected chi connectivity index (χ3v) is 2.71. The average molecular weight is 221 g/mol. The number of hydrogen-bond acceptors (Lipinski definition) is 5. The van der Waals surface area contributed by atoms with Gasteiger partial charge >= 0.3 is 0 Å². The summed E-state index contributed by atoms with van der Waals surface area (Å²) in [5.41, 5.74) is 0. The van der Waals surface area contributed by atoms with Crippen LogP contribution >= 0.6 is 0 Å². The minimum atomic E-state index is 0.725. The third-order valence-electron chi connectivity index (χ3n) is 2.71. The third kappa shape index (κ3) is 3.75. The standard InChI is InChI=1S/C11H19N5/c1-3-13-11(14-4-1)15-5-2-8-16-9-6-12-7-10-16/h1,3-4,12H,2,5-10H2,(H,13,14,15). The molecule has 2 rings (SSSR count). The molecular formula is C11H19N5. The van der Waals surface area contributed by atoms with Gasteiger partial charge in [0.15, 0.2) is 0 Å². The van der Waals surface area contributed by atoms with Crippen molar-refractivity contribution in [2.75, 3.05) is 44.6 Å². The Morgan fingerprint density at radius 3 is 2.75 bits per heavy atom. The Balaban J connectivity index is 1.58. The molecule has 2 N–H and O–H groups in total. The van der Waals surface area contributed by atoms with Crippen molar-refractivity contribution >= 4 is 5.95 Å². The molecule has 2 heterocycles. The summed E-state index contributed by atoms with van der Waals surface area (Å²) in [5.74, 6) is 0.725. The van der Waals surface area contributed by atoms with Gasteiger partial charge in [-0.1, -0.05) is 0 Å². The molecule has 1 aliphatic heterocycles. The van der Waals surface area contributed by atoms with Gasteiger partial charge in [0.05, 0.1) is 0 Å². The smallest absolute Gasteiger partial charge is 0.222 e. The quantitative estimate of drug-likeness (QED) is 0.695. The first-order chi connectivity index (χ1) is 7.95. The highest BCUT2D eigenvalue weighted by atomic mass is 15.2. The number of nitrogens with zero attached hydrogens (tertiary/aromatic N) is 3. The fraction of sp³-hybridized carbons (Fsp3) is 0.636. The summed E-state index contributed by atoms with van der Waals surface area (Å²) in [7, 11) is 0. The monoisotopic (exact) mass is 221 g/mol. The molecule has 0 bridgehead atoms. The van der Waals surface area contributed by atoms with Crippen LogP contribution in [-0.4, -0.2) is 54.1 Å². The van der Waals surface area contributed by atoms with Crippen LogP contribution in [0.1, 0.15) is 6.42 Å². The molecule has 0 saturated carbocycles. The van der Waals surface area contributed by atoms with Crippen molar-refractivity contribution in [3.8, 4) is 0 Å². The number of nitrogens with one attached hydrogen (secondary N) is 2. The highest BCUT2D eigenvalue weighted by Crippen LogP contribution is 1.97. The Bertz CT molecular complexity index is 284. The Kier molecular flexibility index (Phi) is 4.51. The van der Waals surface area contributed by atoms with Crippen LogP contribution in [0.15, 0.2) is 18.5 Å². The van der Waals surface area contributed by atoms with E-state index in [1.807, 2.05) is 6.07 Å². The Morgan fingerprint density at radius 2 is 2.00 bits per heavy atom. The predicted octanol–water partition coefficient (Wildman–Crippen LogP) is 0.184. The maximum Gasteiger partial charge on any atom is 0.222 e. The summed E-state index contributed by atoms with van der Waals surface area (Å²) in [6, 6.07) is 1.83. The van der Waals surface area contributed by atoms with Crippen molar-refractivity contribution in [1.82, 2.24) is 20.2 Å². The van der Waals surface area contributed by atoms with Crippen LogP contribution in [0.3, 0.4) is 0 Å². The molecule has 1 saturated heterocycles. The number of hydrogen-bond donors (Lipinski definition) is 2. The molecule has 0 spiro atoms. The second kappa shape index (κ2) is 6.40. The van der Waals surface area contributed by atoms with Crippen molar-refractivity contribution in [1.29, 1.82) is 0 Å². The summed E-state index contributed by atoms with van der Waals surface area (Å²) in [6.45, 7) is 6.67. The first-order valence-electron chi connectivity index (χ1n) is 5.89. The molecule has 16 heavy (non-hydrogen) atoms. The van der Waals surface area contributed by atoms with Gasteiger partial charge in [-0.3, -0.25) is 0 Å². The minimum Gasteiger partial charge on any atom is -0.354 e. The van der Waals surface area contributed by atoms with Gasteiger partial charge in [-0.2, -0.15) is 0 Å². The highest BCUT2D eigenvalue weighted by molar-refractivity contribution is 5.21. The van der Waals surface area contributed by atoms with Gasteiger partial charge in [-0.25, -0.2) is 9.97 Å². The molecule has 1 fully saturated rings. The molecule has 0 aliphatic carbocycles. The summed E-state index contributed by atoms with van der Waals surface area (Å²) >= 11 is 0. The van der Waals surface area contributed by atoms with Crippen LogP contribution in [0.25, 0.3) is 0 Å². The second-order valence-electron chi connectivity index (χ2n) is 3.94. The van der Waals surface area contributed by atoms with E-state index in [-0.39, 0.29) is 0 Å². The molecule has 0 unspecified atom stereocenters. The van der Waals surface area contributed by atoms with E-state index in [4.69, 9.17) is 0 Å². The van der Waals surface area contributed by atoms with E-state index in [2.05, 4.69) is 25.5 Å². The molecule has 88 valence electrons. The van der Waals surface area contributed by atoms with E-state index in [9.17, 15) is 0 Å². The molecule has 1 aliphatic rings. The van der Waals surface area contributed by atoms with Crippen LogP contribution < -0.4 is 10.6 Å². The molecule has 0 radical (unpaired) electrons. The van der Waals surface area contributed by atoms with Crippen LogP contribution in [0.2, 0.25) is 0 Å². The molecule has 1 aromatic rings. The first kappa shape index (κ1) is 11.3. The second-order valence-corrected chi connectivity index (χ2v) is 3.94. The molecular weight excluding hydrogens is 202 g/mol. The SMILES string of the molecule is c1cnc(NCCCN2CCNCC2)nc1. The summed E-state index contributed by atoms with van der Waals surface area (Å²) in [6.07, 6.45) is 4.65. The van der Waals surface area contributed by atoms with E-state index < -0.39 is 0 Å². The fourth-order valence-electron chi connectivity index (χ4n) is 1.83. The number of anilines is 1. The van der Waals surface area contributed by atoms with Crippen LogP contribution in [0.4, 0.5) is 5.95 Å². The van der Waals surface area contributed by atoms with Crippen molar-refractivity contribution in [2.24, 2.45) is 0 Å². The molecule has 5 nitrogen and oxygen atoms in total. The Labute approximate surface area is 96.3 Å².